The van der Waals surface area contributed by atoms with Gasteiger partial charge in [-0.25, -0.2) is 0 Å². The molecule has 3 atom stereocenters. The Hall–Kier alpha value is 0.310. The fourth-order valence-electron chi connectivity index (χ4n) is 4.42. The van der Waals surface area contributed by atoms with Crippen molar-refractivity contribution in [2.24, 2.45) is 17.3 Å². The first-order valence-electron chi connectivity index (χ1n) is 8.45. The molecule has 3 unspecified atom stereocenters. The Balaban J connectivity index is 1.52. The van der Waals surface area contributed by atoms with Gasteiger partial charge in [0.1, 0.15) is 0 Å². The summed E-state index contributed by atoms with van der Waals surface area (Å²) in [5, 5.41) is 5.71. The van der Waals surface area contributed by atoms with Crippen LogP contribution < -0.4 is 5.32 Å². The van der Waals surface area contributed by atoms with Crippen LogP contribution in [0.5, 0.6) is 0 Å². The fraction of sp³-hybridized carbons (Fsp3) is 1.00. The highest BCUT2D eigenvalue weighted by Crippen LogP contribution is 2.46. The molecule has 1 aliphatic heterocycles. The van der Waals surface area contributed by atoms with Crippen LogP contribution in [0.25, 0.3) is 0 Å². The molecule has 3 fully saturated rings. The minimum absolute atomic E-state index is 0.523. The van der Waals surface area contributed by atoms with Crippen molar-refractivity contribution >= 4 is 11.8 Å². The lowest BCUT2D eigenvalue weighted by Crippen LogP contribution is -2.39. The summed E-state index contributed by atoms with van der Waals surface area (Å²) in [4.78, 5) is 0. The van der Waals surface area contributed by atoms with Gasteiger partial charge in [-0.05, 0) is 55.8 Å². The van der Waals surface area contributed by atoms with Crippen LogP contribution in [0.3, 0.4) is 0 Å². The van der Waals surface area contributed by atoms with Crippen LogP contribution in [0.4, 0.5) is 0 Å². The molecular weight excluding hydrogens is 250 g/mol. The van der Waals surface area contributed by atoms with Gasteiger partial charge >= 0.3 is 0 Å². The van der Waals surface area contributed by atoms with Gasteiger partial charge in [-0.15, -0.1) is 11.8 Å². The van der Waals surface area contributed by atoms with E-state index in [4.69, 9.17) is 0 Å². The summed E-state index contributed by atoms with van der Waals surface area (Å²) in [6.07, 6.45) is 11.7. The molecule has 2 aliphatic carbocycles. The molecule has 1 N–H and O–H groups in total. The molecule has 1 heterocycles. The van der Waals surface area contributed by atoms with Crippen molar-refractivity contribution in [3.05, 3.63) is 0 Å². The Morgan fingerprint density at radius 2 is 1.58 bits per heavy atom. The van der Waals surface area contributed by atoms with Gasteiger partial charge in [0.15, 0.2) is 0 Å². The number of hydrogen-bond acceptors (Lipinski definition) is 2. The fourth-order valence-corrected chi connectivity index (χ4v) is 6.26. The normalized spacial score (nSPS) is 44.1. The van der Waals surface area contributed by atoms with Gasteiger partial charge in [-0.3, -0.25) is 0 Å². The third-order valence-corrected chi connectivity index (χ3v) is 7.56. The SMILES string of the molecule is CC(C)(C)C1CCC(C2NC3CCCCC3S2)CC1. The molecule has 0 radical (unpaired) electrons. The van der Waals surface area contributed by atoms with Gasteiger partial charge in [0.25, 0.3) is 0 Å². The van der Waals surface area contributed by atoms with Gasteiger partial charge in [0.2, 0.25) is 0 Å². The highest BCUT2D eigenvalue weighted by atomic mass is 32.2. The molecular formula is C17H31NS. The summed E-state index contributed by atoms with van der Waals surface area (Å²) in [6, 6.07) is 0.851. The average Bonchev–Trinajstić information content (AvgIpc) is 2.81. The van der Waals surface area contributed by atoms with Crippen LogP contribution in [0.2, 0.25) is 0 Å². The lowest BCUT2D eigenvalue weighted by Gasteiger charge is -2.38. The maximum Gasteiger partial charge on any atom is 0.0566 e. The van der Waals surface area contributed by atoms with Gasteiger partial charge in [0, 0.05) is 11.3 Å². The lowest BCUT2D eigenvalue weighted by molar-refractivity contribution is 0.144. The largest absolute Gasteiger partial charge is 0.301 e. The summed E-state index contributed by atoms with van der Waals surface area (Å²) < 4.78 is 0. The van der Waals surface area contributed by atoms with E-state index >= 15 is 0 Å². The van der Waals surface area contributed by atoms with Gasteiger partial charge in [-0.1, -0.05) is 33.6 Å². The second-order valence-electron chi connectivity index (χ2n) is 8.13. The second kappa shape index (κ2) is 5.60. The van der Waals surface area contributed by atoms with E-state index in [1.54, 1.807) is 0 Å². The average molecular weight is 282 g/mol. The second-order valence-corrected chi connectivity index (χ2v) is 9.52. The molecule has 3 rings (SSSR count). The van der Waals surface area contributed by atoms with Crippen LogP contribution in [-0.2, 0) is 0 Å². The lowest BCUT2D eigenvalue weighted by atomic mass is 9.70. The monoisotopic (exact) mass is 281 g/mol. The van der Waals surface area contributed by atoms with E-state index in [1.807, 2.05) is 0 Å². The van der Waals surface area contributed by atoms with E-state index in [-0.39, 0.29) is 0 Å². The van der Waals surface area contributed by atoms with E-state index in [0.717, 1.165) is 28.5 Å². The van der Waals surface area contributed by atoms with Gasteiger partial charge in [-0.2, -0.15) is 0 Å². The van der Waals surface area contributed by atoms with Crippen molar-refractivity contribution < 1.29 is 0 Å². The molecule has 3 aliphatic rings. The first kappa shape index (κ1) is 14.3. The Kier molecular flexibility index (Phi) is 4.20. The van der Waals surface area contributed by atoms with Crippen molar-refractivity contribution in [3.63, 3.8) is 0 Å². The number of hydrogen-bond donors (Lipinski definition) is 1. The van der Waals surface area contributed by atoms with Crippen LogP contribution in [0.1, 0.15) is 72.1 Å². The molecule has 2 heteroatoms. The van der Waals surface area contributed by atoms with Crippen LogP contribution >= 0.6 is 11.8 Å². The highest BCUT2D eigenvalue weighted by Gasteiger charge is 2.41. The van der Waals surface area contributed by atoms with Crippen LogP contribution in [0, 0.1) is 17.3 Å². The predicted molar refractivity (Wildman–Crippen MR) is 85.5 cm³/mol. The molecule has 0 aromatic carbocycles. The first-order valence-corrected chi connectivity index (χ1v) is 9.40. The van der Waals surface area contributed by atoms with E-state index < -0.39 is 0 Å². The minimum Gasteiger partial charge on any atom is -0.301 e. The topological polar surface area (TPSA) is 12.0 Å². The number of nitrogens with one attached hydrogen (secondary N) is 1. The van der Waals surface area contributed by atoms with E-state index in [9.17, 15) is 0 Å². The molecule has 1 nitrogen and oxygen atoms in total. The summed E-state index contributed by atoms with van der Waals surface area (Å²) in [5.41, 5.74) is 0.523. The maximum absolute atomic E-state index is 3.98. The Morgan fingerprint density at radius 3 is 2.21 bits per heavy atom. The van der Waals surface area contributed by atoms with Crippen LogP contribution in [0.15, 0.2) is 0 Å². The van der Waals surface area contributed by atoms with Crippen molar-refractivity contribution in [1.82, 2.24) is 5.32 Å². The van der Waals surface area contributed by atoms with Gasteiger partial charge < -0.3 is 5.32 Å². The summed E-state index contributed by atoms with van der Waals surface area (Å²) in [7, 11) is 0. The van der Waals surface area contributed by atoms with Crippen molar-refractivity contribution in [3.8, 4) is 0 Å². The molecule has 0 aromatic heterocycles. The number of rotatable bonds is 1. The number of thioether (sulfide) groups is 1. The molecule has 19 heavy (non-hydrogen) atoms. The molecule has 2 saturated carbocycles. The van der Waals surface area contributed by atoms with E-state index in [2.05, 4.69) is 37.8 Å². The summed E-state index contributed by atoms with van der Waals surface area (Å²) >= 11 is 2.30. The quantitative estimate of drug-likeness (QED) is 0.740. The standard InChI is InChI=1S/C17H31NS/c1-17(2,3)13-10-8-12(9-11-13)16-18-14-6-4-5-7-15(14)19-16/h12-16,18H,4-11H2,1-3H3. The predicted octanol–water partition coefficient (Wildman–Crippen LogP) is 4.81. The zero-order valence-electron chi connectivity index (χ0n) is 13.0. The highest BCUT2D eigenvalue weighted by molar-refractivity contribution is 8.00. The van der Waals surface area contributed by atoms with Crippen molar-refractivity contribution in [2.75, 3.05) is 0 Å². The summed E-state index contributed by atoms with van der Waals surface area (Å²) in [5.74, 6) is 1.91. The number of fused-ring (bicyclic) bond motifs is 1. The third-order valence-electron chi connectivity index (χ3n) is 5.83. The Morgan fingerprint density at radius 1 is 0.895 bits per heavy atom. The van der Waals surface area contributed by atoms with Gasteiger partial charge in [0.05, 0.1) is 5.37 Å². The van der Waals surface area contributed by atoms with E-state index in [1.165, 1.54) is 51.4 Å². The van der Waals surface area contributed by atoms with Crippen molar-refractivity contribution in [2.45, 2.75) is 88.8 Å². The molecule has 0 aromatic rings. The smallest absolute Gasteiger partial charge is 0.0566 e. The zero-order chi connectivity index (χ0) is 13.5. The third kappa shape index (κ3) is 3.15. The van der Waals surface area contributed by atoms with E-state index in [0.29, 0.717) is 5.41 Å². The molecule has 1 saturated heterocycles. The maximum atomic E-state index is 3.98. The minimum atomic E-state index is 0.523. The molecule has 0 amide bonds. The Bertz CT molecular complexity index is 287. The summed E-state index contributed by atoms with van der Waals surface area (Å²) in [6.45, 7) is 7.28. The zero-order valence-corrected chi connectivity index (χ0v) is 13.8. The first-order chi connectivity index (χ1) is 9.04. The van der Waals surface area contributed by atoms with Crippen LogP contribution in [-0.4, -0.2) is 16.7 Å². The Labute approximate surface area is 123 Å². The van der Waals surface area contributed by atoms with Crippen molar-refractivity contribution in [1.29, 1.82) is 0 Å². The molecule has 0 bridgehead atoms. The molecule has 110 valence electrons. The molecule has 0 spiro atoms.